The minimum atomic E-state index is -1.26. The number of carbonyl (C=O) groups is 3. The van der Waals surface area contributed by atoms with Gasteiger partial charge in [0.25, 0.3) is 0 Å². The zero-order chi connectivity index (χ0) is 17.6. The van der Waals surface area contributed by atoms with Crippen molar-refractivity contribution in [2.75, 3.05) is 0 Å². The zero-order valence-corrected chi connectivity index (χ0v) is 13.3. The lowest BCUT2D eigenvalue weighted by atomic mass is 10.0. The predicted molar refractivity (Wildman–Crippen MR) is 80.8 cm³/mol. The van der Waals surface area contributed by atoms with Crippen LogP contribution < -0.4 is 5.32 Å². The van der Waals surface area contributed by atoms with Crippen LogP contribution in [0.1, 0.15) is 44.0 Å². The van der Waals surface area contributed by atoms with Crippen molar-refractivity contribution in [1.29, 1.82) is 0 Å². The van der Waals surface area contributed by atoms with Crippen molar-refractivity contribution >= 4 is 17.8 Å². The highest BCUT2D eigenvalue weighted by molar-refractivity contribution is 5.96. The molecule has 0 aliphatic heterocycles. The number of ketones is 1. The predicted octanol–water partition coefficient (Wildman–Crippen LogP) is 2.77. The second-order valence-electron chi connectivity index (χ2n) is 6.01. The minimum absolute atomic E-state index is 0.0925. The first kappa shape index (κ1) is 18.6. The third-order valence-corrected chi connectivity index (χ3v) is 2.82. The SMILES string of the molecule is CC(C)(C)OC(=O)NC(CCC(=O)c1ccc(F)cc1)C(=O)O. The number of aliphatic carboxylic acids is 1. The molecule has 6 nitrogen and oxygen atoms in total. The summed E-state index contributed by atoms with van der Waals surface area (Å²) in [6.07, 6.45) is -1.05. The van der Waals surface area contributed by atoms with E-state index in [1.807, 2.05) is 0 Å². The Morgan fingerprint density at radius 3 is 2.26 bits per heavy atom. The van der Waals surface area contributed by atoms with Gasteiger partial charge in [-0.2, -0.15) is 0 Å². The highest BCUT2D eigenvalue weighted by Crippen LogP contribution is 2.11. The van der Waals surface area contributed by atoms with Gasteiger partial charge < -0.3 is 15.2 Å². The van der Waals surface area contributed by atoms with Crippen molar-refractivity contribution in [2.24, 2.45) is 0 Å². The molecule has 1 rings (SSSR count). The van der Waals surface area contributed by atoms with Crippen molar-refractivity contribution in [3.05, 3.63) is 35.6 Å². The van der Waals surface area contributed by atoms with Crippen LogP contribution in [-0.2, 0) is 9.53 Å². The summed E-state index contributed by atoms with van der Waals surface area (Å²) in [5.41, 5.74) is -0.468. The summed E-state index contributed by atoms with van der Waals surface area (Å²) in [6, 6.07) is 3.72. The zero-order valence-electron chi connectivity index (χ0n) is 13.3. The van der Waals surface area contributed by atoms with Crippen molar-refractivity contribution < 1.29 is 28.6 Å². The maximum absolute atomic E-state index is 12.8. The summed E-state index contributed by atoms with van der Waals surface area (Å²) in [6.45, 7) is 4.96. The molecule has 0 aliphatic carbocycles. The highest BCUT2D eigenvalue weighted by atomic mass is 19.1. The van der Waals surface area contributed by atoms with Crippen molar-refractivity contribution in [1.82, 2.24) is 5.32 Å². The average molecular weight is 325 g/mol. The van der Waals surface area contributed by atoms with Gasteiger partial charge in [0.15, 0.2) is 5.78 Å². The standard InChI is InChI=1S/C16H20FNO5/c1-16(2,3)23-15(22)18-12(14(20)21)8-9-13(19)10-4-6-11(17)7-5-10/h4-7,12H,8-9H2,1-3H3,(H,18,22)(H,20,21). The summed E-state index contributed by atoms with van der Waals surface area (Å²) in [7, 11) is 0. The lowest BCUT2D eigenvalue weighted by Gasteiger charge is -2.21. The molecule has 1 unspecified atom stereocenters. The number of carboxylic acid groups (broad SMARTS) is 1. The van der Waals surface area contributed by atoms with Crippen molar-refractivity contribution in [2.45, 2.75) is 45.3 Å². The number of Topliss-reactive ketones (excluding diaryl/α,β-unsaturated/α-hetero) is 1. The van der Waals surface area contributed by atoms with Crippen molar-refractivity contribution in [3.63, 3.8) is 0 Å². The fraction of sp³-hybridized carbons (Fsp3) is 0.438. The Morgan fingerprint density at radius 1 is 1.22 bits per heavy atom. The summed E-state index contributed by atoms with van der Waals surface area (Å²) in [5, 5.41) is 11.3. The molecule has 0 spiro atoms. The Labute approximate surface area is 133 Å². The smallest absolute Gasteiger partial charge is 0.408 e. The summed E-state index contributed by atoms with van der Waals surface area (Å²) < 4.78 is 17.8. The van der Waals surface area contributed by atoms with E-state index in [-0.39, 0.29) is 24.2 Å². The molecule has 0 radical (unpaired) electrons. The molecule has 0 saturated heterocycles. The van der Waals surface area contributed by atoms with Gasteiger partial charge in [-0.3, -0.25) is 4.79 Å². The van der Waals surface area contributed by atoms with Gasteiger partial charge in [0.05, 0.1) is 0 Å². The van der Waals surface area contributed by atoms with E-state index >= 15 is 0 Å². The van der Waals surface area contributed by atoms with Gasteiger partial charge in [-0.15, -0.1) is 0 Å². The first-order chi connectivity index (χ1) is 10.6. The summed E-state index contributed by atoms with van der Waals surface area (Å²) >= 11 is 0. The Kier molecular flexibility index (Phi) is 6.24. The van der Waals surface area contributed by atoms with Crippen LogP contribution in [-0.4, -0.2) is 34.6 Å². The van der Waals surface area contributed by atoms with Gasteiger partial charge in [0.1, 0.15) is 17.5 Å². The maximum atomic E-state index is 12.8. The molecule has 23 heavy (non-hydrogen) atoms. The summed E-state index contributed by atoms with van der Waals surface area (Å²) in [5.74, 6) is -2.05. The minimum Gasteiger partial charge on any atom is -0.480 e. The third kappa shape index (κ3) is 6.90. The number of ether oxygens (including phenoxy) is 1. The van der Waals surface area contributed by atoms with Crippen LogP contribution >= 0.6 is 0 Å². The number of hydrogen-bond acceptors (Lipinski definition) is 4. The Hall–Kier alpha value is -2.44. The molecule has 1 aromatic carbocycles. The Bertz CT molecular complexity index is 577. The lowest BCUT2D eigenvalue weighted by molar-refractivity contribution is -0.139. The molecule has 0 aromatic heterocycles. The van der Waals surface area contributed by atoms with E-state index in [1.54, 1.807) is 20.8 Å². The molecule has 1 aromatic rings. The van der Waals surface area contributed by atoms with E-state index in [2.05, 4.69) is 5.32 Å². The highest BCUT2D eigenvalue weighted by Gasteiger charge is 2.24. The fourth-order valence-corrected chi connectivity index (χ4v) is 1.76. The normalized spacial score (nSPS) is 12.3. The van der Waals surface area contributed by atoms with Crippen LogP contribution in [0.2, 0.25) is 0 Å². The largest absolute Gasteiger partial charge is 0.480 e. The second kappa shape index (κ2) is 7.71. The van der Waals surface area contributed by atoms with E-state index in [0.29, 0.717) is 0 Å². The van der Waals surface area contributed by atoms with E-state index in [0.717, 1.165) is 12.1 Å². The van der Waals surface area contributed by atoms with Crippen LogP contribution in [0.4, 0.5) is 9.18 Å². The molecule has 0 fully saturated rings. The number of nitrogens with one attached hydrogen (secondary N) is 1. The molecule has 0 bridgehead atoms. The van der Waals surface area contributed by atoms with Crippen LogP contribution in [0.25, 0.3) is 0 Å². The van der Waals surface area contributed by atoms with Crippen molar-refractivity contribution in [3.8, 4) is 0 Å². The third-order valence-electron chi connectivity index (χ3n) is 2.82. The van der Waals surface area contributed by atoms with Crippen LogP contribution in [0, 0.1) is 5.82 Å². The average Bonchev–Trinajstić information content (AvgIpc) is 2.41. The second-order valence-corrected chi connectivity index (χ2v) is 6.01. The molecular formula is C16H20FNO5. The molecular weight excluding hydrogens is 305 g/mol. The van der Waals surface area contributed by atoms with Gasteiger partial charge >= 0.3 is 12.1 Å². The van der Waals surface area contributed by atoms with Gasteiger partial charge in [-0.05, 0) is 51.5 Å². The first-order valence-corrected chi connectivity index (χ1v) is 7.09. The fourth-order valence-electron chi connectivity index (χ4n) is 1.76. The lowest BCUT2D eigenvalue weighted by Crippen LogP contribution is -2.43. The molecule has 0 heterocycles. The molecule has 7 heteroatoms. The van der Waals surface area contributed by atoms with Crippen LogP contribution in [0.3, 0.4) is 0 Å². The molecule has 0 saturated carbocycles. The molecule has 1 atom stereocenters. The Balaban J connectivity index is 2.59. The van der Waals surface area contributed by atoms with Gasteiger partial charge in [-0.25, -0.2) is 14.0 Å². The number of carboxylic acids is 1. The molecule has 2 N–H and O–H groups in total. The maximum Gasteiger partial charge on any atom is 0.408 e. The van der Waals surface area contributed by atoms with Crippen LogP contribution in [0.5, 0.6) is 0 Å². The molecule has 126 valence electrons. The molecule has 0 aliphatic rings. The van der Waals surface area contributed by atoms with Gasteiger partial charge in [0, 0.05) is 12.0 Å². The quantitative estimate of drug-likeness (QED) is 0.785. The van der Waals surface area contributed by atoms with E-state index in [4.69, 9.17) is 9.84 Å². The molecule has 1 amide bonds. The Morgan fingerprint density at radius 2 is 1.78 bits per heavy atom. The summed E-state index contributed by atoms with van der Waals surface area (Å²) in [4.78, 5) is 34.7. The number of rotatable bonds is 6. The first-order valence-electron chi connectivity index (χ1n) is 7.09. The van der Waals surface area contributed by atoms with Crippen LogP contribution in [0.15, 0.2) is 24.3 Å². The monoisotopic (exact) mass is 325 g/mol. The van der Waals surface area contributed by atoms with Gasteiger partial charge in [0.2, 0.25) is 0 Å². The number of hydrogen-bond donors (Lipinski definition) is 2. The number of benzene rings is 1. The topological polar surface area (TPSA) is 92.7 Å². The van der Waals surface area contributed by atoms with E-state index in [9.17, 15) is 18.8 Å². The number of amides is 1. The van der Waals surface area contributed by atoms with Gasteiger partial charge in [-0.1, -0.05) is 0 Å². The number of halogens is 1. The number of alkyl carbamates (subject to hydrolysis) is 1. The number of carbonyl (C=O) groups excluding carboxylic acids is 2. The van der Waals surface area contributed by atoms with E-state index in [1.165, 1.54) is 12.1 Å². The van der Waals surface area contributed by atoms with E-state index < -0.39 is 29.5 Å².